The van der Waals surface area contributed by atoms with Gasteiger partial charge in [-0.05, 0) is 56.3 Å². The molecular weight excluding hydrogens is 324 g/mol. The van der Waals surface area contributed by atoms with Gasteiger partial charge in [0.25, 0.3) is 0 Å². The van der Waals surface area contributed by atoms with Crippen LogP contribution >= 0.6 is 11.8 Å². The van der Waals surface area contributed by atoms with E-state index < -0.39 is 0 Å². The number of amides is 2. The molecule has 4 bridgehead atoms. The second-order valence-corrected chi connectivity index (χ2v) is 8.75. The van der Waals surface area contributed by atoms with Crippen LogP contribution < -0.4 is 10.9 Å². The van der Waals surface area contributed by atoms with Gasteiger partial charge in [0, 0.05) is 19.4 Å². The van der Waals surface area contributed by atoms with Crippen LogP contribution in [0, 0.1) is 23.2 Å². The Hall–Kier alpha value is -1.50. The lowest BCUT2D eigenvalue weighted by Crippen LogP contribution is -2.56. The van der Waals surface area contributed by atoms with Crippen molar-refractivity contribution in [2.24, 2.45) is 30.2 Å². The van der Waals surface area contributed by atoms with Crippen LogP contribution in [0.4, 0.5) is 0 Å². The van der Waals surface area contributed by atoms with Crippen molar-refractivity contribution in [3.05, 3.63) is 12.4 Å². The van der Waals surface area contributed by atoms with E-state index in [4.69, 9.17) is 0 Å². The zero-order valence-corrected chi connectivity index (χ0v) is 14.8. The quantitative estimate of drug-likeness (QED) is 0.643. The minimum absolute atomic E-state index is 0.0249. The highest BCUT2D eigenvalue weighted by atomic mass is 32.2. The van der Waals surface area contributed by atoms with Gasteiger partial charge in [-0.15, -0.1) is 0 Å². The average Bonchev–Trinajstić information content (AvgIpc) is 2.94. The molecule has 6 nitrogen and oxygen atoms in total. The van der Waals surface area contributed by atoms with Gasteiger partial charge in [-0.2, -0.15) is 0 Å². The molecule has 2 amide bonds. The number of aryl methyl sites for hydroxylation is 1. The molecule has 4 aliphatic carbocycles. The summed E-state index contributed by atoms with van der Waals surface area (Å²) in [5.41, 5.74) is 5.07. The fraction of sp³-hybridized carbons (Fsp3) is 0.706. The van der Waals surface area contributed by atoms with E-state index in [9.17, 15) is 9.59 Å². The number of imidazole rings is 1. The summed E-state index contributed by atoms with van der Waals surface area (Å²) in [6.45, 7) is 0. The van der Waals surface area contributed by atoms with Crippen molar-refractivity contribution in [3.8, 4) is 0 Å². The maximum Gasteiger partial charge on any atom is 0.248 e. The zero-order valence-electron chi connectivity index (χ0n) is 14.0. The molecule has 1 aromatic rings. The second-order valence-electron chi connectivity index (χ2n) is 7.81. The third-order valence-corrected chi connectivity index (χ3v) is 7.00. The molecule has 0 spiro atoms. The van der Waals surface area contributed by atoms with Crippen LogP contribution in [-0.4, -0.2) is 27.1 Å². The highest BCUT2D eigenvalue weighted by molar-refractivity contribution is 7.99. The maximum atomic E-state index is 12.7. The van der Waals surface area contributed by atoms with Gasteiger partial charge in [-0.1, -0.05) is 11.8 Å². The van der Waals surface area contributed by atoms with E-state index in [0.717, 1.165) is 42.2 Å². The Balaban J connectivity index is 1.29. The number of hydrazine groups is 1. The van der Waals surface area contributed by atoms with Crippen LogP contribution in [0.15, 0.2) is 17.6 Å². The first kappa shape index (κ1) is 16.0. The minimum Gasteiger partial charge on any atom is -0.329 e. The Bertz CT molecular complexity index is 621. The van der Waals surface area contributed by atoms with Crippen molar-refractivity contribution >= 4 is 23.6 Å². The fourth-order valence-corrected chi connectivity index (χ4v) is 6.04. The van der Waals surface area contributed by atoms with Gasteiger partial charge in [0.05, 0.1) is 11.2 Å². The number of carbonyl (C=O) groups is 2. The molecule has 24 heavy (non-hydrogen) atoms. The molecule has 0 aromatic carbocycles. The minimum atomic E-state index is -0.227. The Morgan fingerprint density at radius 2 is 1.83 bits per heavy atom. The Labute approximate surface area is 146 Å². The lowest BCUT2D eigenvalue weighted by molar-refractivity contribution is -0.148. The van der Waals surface area contributed by atoms with Gasteiger partial charge in [-0.3, -0.25) is 20.4 Å². The van der Waals surface area contributed by atoms with Crippen LogP contribution in [-0.2, 0) is 16.6 Å². The molecule has 2 N–H and O–H groups in total. The summed E-state index contributed by atoms with van der Waals surface area (Å²) in [5.74, 6) is 2.23. The molecule has 0 unspecified atom stereocenters. The van der Waals surface area contributed by atoms with Crippen LogP contribution in [0.5, 0.6) is 0 Å². The first-order valence-corrected chi connectivity index (χ1v) is 9.72. The summed E-state index contributed by atoms with van der Waals surface area (Å²) in [4.78, 5) is 28.9. The summed E-state index contributed by atoms with van der Waals surface area (Å²) >= 11 is 1.36. The monoisotopic (exact) mass is 348 g/mol. The normalized spacial score (nSPS) is 33.5. The van der Waals surface area contributed by atoms with Crippen LogP contribution in [0.3, 0.4) is 0 Å². The Kier molecular flexibility index (Phi) is 4.06. The van der Waals surface area contributed by atoms with Gasteiger partial charge < -0.3 is 4.57 Å². The summed E-state index contributed by atoms with van der Waals surface area (Å²) < 4.78 is 1.87. The predicted octanol–water partition coefficient (Wildman–Crippen LogP) is 1.88. The Morgan fingerprint density at radius 1 is 1.21 bits per heavy atom. The fourth-order valence-electron chi connectivity index (χ4n) is 5.30. The van der Waals surface area contributed by atoms with E-state index in [2.05, 4.69) is 15.8 Å². The SMILES string of the molecule is Cn1ccnc1SCC(=O)NNC(=O)C12CC3CC(CC(C3)C1)C2. The Morgan fingerprint density at radius 3 is 2.38 bits per heavy atom. The van der Waals surface area contributed by atoms with Crippen molar-refractivity contribution < 1.29 is 9.59 Å². The summed E-state index contributed by atoms with van der Waals surface area (Å²) in [5, 5.41) is 0.789. The average molecular weight is 348 g/mol. The van der Waals surface area contributed by atoms with Crippen molar-refractivity contribution in [2.45, 2.75) is 43.7 Å². The van der Waals surface area contributed by atoms with Gasteiger partial charge in [0.1, 0.15) is 0 Å². The number of nitrogens with one attached hydrogen (secondary N) is 2. The highest BCUT2D eigenvalue weighted by Crippen LogP contribution is 2.59. The maximum absolute atomic E-state index is 12.7. The number of rotatable bonds is 4. The van der Waals surface area contributed by atoms with Gasteiger partial charge in [0.15, 0.2) is 5.16 Å². The van der Waals surface area contributed by atoms with E-state index in [1.165, 1.54) is 31.0 Å². The first-order valence-electron chi connectivity index (χ1n) is 8.73. The number of carbonyl (C=O) groups excluding carboxylic acids is 2. The predicted molar refractivity (Wildman–Crippen MR) is 90.8 cm³/mol. The van der Waals surface area contributed by atoms with Crippen LogP contribution in [0.2, 0.25) is 0 Å². The number of aromatic nitrogens is 2. The van der Waals surface area contributed by atoms with E-state index in [0.29, 0.717) is 0 Å². The van der Waals surface area contributed by atoms with Gasteiger partial charge >= 0.3 is 0 Å². The lowest BCUT2D eigenvalue weighted by atomic mass is 9.49. The highest BCUT2D eigenvalue weighted by Gasteiger charge is 2.54. The molecule has 4 saturated carbocycles. The molecule has 4 aliphatic rings. The molecule has 7 heteroatoms. The topological polar surface area (TPSA) is 76.0 Å². The first-order chi connectivity index (χ1) is 11.5. The summed E-state index contributed by atoms with van der Waals surface area (Å²) in [6, 6.07) is 0. The van der Waals surface area contributed by atoms with Crippen LogP contribution in [0.1, 0.15) is 38.5 Å². The van der Waals surface area contributed by atoms with Crippen molar-refractivity contribution in [2.75, 3.05) is 5.75 Å². The molecule has 0 aliphatic heterocycles. The number of hydrogen-bond donors (Lipinski definition) is 2. The number of nitrogens with zero attached hydrogens (tertiary/aromatic N) is 2. The smallest absolute Gasteiger partial charge is 0.248 e. The zero-order chi connectivity index (χ0) is 16.7. The molecule has 5 rings (SSSR count). The third-order valence-electron chi connectivity index (χ3n) is 5.94. The molecule has 1 heterocycles. The second kappa shape index (κ2) is 6.10. The van der Waals surface area contributed by atoms with Crippen molar-refractivity contribution in [1.29, 1.82) is 0 Å². The molecule has 4 fully saturated rings. The van der Waals surface area contributed by atoms with Crippen molar-refractivity contribution in [3.63, 3.8) is 0 Å². The summed E-state index contributed by atoms with van der Waals surface area (Å²) in [6.07, 6.45) is 10.5. The molecular formula is C17H24N4O2S. The molecule has 1 aromatic heterocycles. The van der Waals surface area contributed by atoms with Crippen LogP contribution in [0.25, 0.3) is 0 Å². The van der Waals surface area contributed by atoms with Gasteiger partial charge in [0.2, 0.25) is 11.8 Å². The van der Waals surface area contributed by atoms with E-state index >= 15 is 0 Å². The lowest BCUT2D eigenvalue weighted by Gasteiger charge is -2.55. The summed E-state index contributed by atoms with van der Waals surface area (Å²) in [7, 11) is 1.89. The molecule has 130 valence electrons. The number of hydrogen-bond acceptors (Lipinski definition) is 4. The third kappa shape index (κ3) is 2.94. The number of thioether (sulfide) groups is 1. The van der Waals surface area contributed by atoms with Gasteiger partial charge in [-0.25, -0.2) is 4.98 Å². The molecule has 0 atom stereocenters. The standard InChI is InChI=1S/C17H24N4O2S/c1-21-3-2-18-16(21)24-10-14(22)19-20-15(23)17-7-11-4-12(8-17)6-13(5-11)9-17/h2-3,11-13H,4-10H2,1H3,(H,19,22)(H,20,23). The largest absolute Gasteiger partial charge is 0.329 e. The van der Waals surface area contributed by atoms with Crippen molar-refractivity contribution in [1.82, 2.24) is 20.4 Å². The molecule has 0 radical (unpaired) electrons. The molecule has 0 saturated heterocycles. The van der Waals surface area contributed by atoms with E-state index in [-0.39, 0.29) is 23.0 Å². The van der Waals surface area contributed by atoms with E-state index in [1.54, 1.807) is 6.20 Å². The van der Waals surface area contributed by atoms with E-state index in [1.807, 2.05) is 17.8 Å².